The van der Waals surface area contributed by atoms with Gasteiger partial charge in [-0.15, -0.1) is 17.8 Å². The smallest absolute Gasteiger partial charge is 0.343 e. The lowest BCUT2D eigenvalue weighted by Gasteiger charge is -2.34. The highest BCUT2D eigenvalue weighted by Gasteiger charge is 2.37. The maximum Gasteiger partial charge on any atom is 0.343 e. The highest BCUT2D eigenvalue weighted by atomic mass is 32.1. The van der Waals surface area contributed by atoms with Crippen LogP contribution in [0.2, 0.25) is 0 Å². The topological polar surface area (TPSA) is 59.0 Å². The Morgan fingerprint density at radius 1 is 1.35 bits per heavy atom. The Balaban J connectivity index is 2.02. The van der Waals surface area contributed by atoms with Gasteiger partial charge < -0.3 is 19.5 Å². The summed E-state index contributed by atoms with van der Waals surface area (Å²) >= 11 is 1.38. The van der Waals surface area contributed by atoms with Gasteiger partial charge >= 0.3 is 5.97 Å². The molecule has 0 fully saturated rings. The summed E-state index contributed by atoms with van der Waals surface area (Å²) in [6.45, 7) is 2.39. The number of hydrogen-bond donors (Lipinski definition) is 1. The Kier molecular flexibility index (Phi) is 5.61. The number of terminal acetylenes is 1. The maximum absolute atomic E-state index is 12.6. The van der Waals surface area contributed by atoms with Crippen LogP contribution < -0.4 is 4.90 Å². The zero-order valence-corrected chi connectivity index (χ0v) is 15.2. The molecular formula is C20H19NO4S. The van der Waals surface area contributed by atoms with Crippen molar-refractivity contribution in [1.82, 2.24) is 0 Å². The van der Waals surface area contributed by atoms with Gasteiger partial charge in [-0.05, 0) is 23.9 Å². The summed E-state index contributed by atoms with van der Waals surface area (Å²) in [5.41, 5.74) is 1.89. The van der Waals surface area contributed by atoms with E-state index >= 15 is 0 Å². The van der Waals surface area contributed by atoms with Gasteiger partial charge in [-0.25, -0.2) is 4.79 Å². The lowest BCUT2D eigenvalue weighted by atomic mass is 10.1. The molecular weight excluding hydrogens is 350 g/mol. The van der Waals surface area contributed by atoms with Crippen LogP contribution >= 0.6 is 11.3 Å². The van der Waals surface area contributed by atoms with Gasteiger partial charge in [0, 0.05) is 0 Å². The normalized spacial score (nSPS) is 16.0. The Hall–Kier alpha value is -2.75. The van der Waals surface area contributed by atoms with E-state index in [1.165, 1.54) is 11.3 Å². The number of anilines is 1. The van der Waals surface area contributed by atoms with Crippen LogP contribution in [0.3, 0.4) is 0 Å². The van der Waals surface area contributed by atoms with Crippen LogP contribution in [0.1, 0.15) is 17.4 Å². The van der Waals surface area contributed by atoms with E-state index in [9.17, 15) is 9.90 Å². The number of carbonyl (C=O) groups is 1. The predicted octanol–water partition coefficient (Wildman–Crippen LogP) is 3.01. The lowest BCUT2D eigenvalue weighted by Crippen LogP contribution is -2.41. The molecule has 3 rings (SSSR count). The van der Waals surface area contributed by atoms with Crippen LogP contribution in [-0.2, 0) is 20.9 Å². The molecule has 1 aromatic heterocycles. The van der Waals surface area contributed by atoms with Crippen molar-refractivity contribution in [2.24, 2.45) is 0 Å². The van der Waals surface area contributed by atoms with Gasteiger partial charge in [0.25, 0.3) is 0 Å². The molecule has 1 atom stereocenters. The van der Waals surface area contributed by atoms with Gasteiger partial charge in [0.1, 0.15) is 12.2 Å². The van der Waals surface area contributed by atoms with E-state index in [4.69, 9.17) is 15.9 Å². The van der Waals surface area contributed by atoms with Crippen LogP contribution in [0.25, 0.3) is 5.57 Å². The third-order valence-electron chi connectivity index (χ3n) is 3.94. The molecule has 5 nitrogen and oxygen atoms in total. The number of esters is 1. The van der Waals surface area contributed by atoms with Crippen molar-refractivity contribution >= 4 is 28.6 Å². The largest absolute Gasteiger partial charge is 0.487 e. The number of fused-ring (bicyclic) bond motifs is 1. The molecule has 6 heteroatoms. The van der Waals surface area contributed by atoms with Gasteiger partial charge in [0.2, 0.25) is 0 Å². The molecule has 26 heavy (non-hydrogen) atoms. The number of benzene rings is 1. The first-order valence-corrected chi connectivity index (χ1v) is 9.09. The van der Waals surface area contributed by atoms with Gasteiger partial charge in [0.15, 0.2) is 12.0 Å². The van der Waals surface area contributed by atoms with Gasteiger partial charge in [-0.3, -0.25) is 0 Å². The molecule has 0 saturated heterocycles. The van der Waals surface area contributed by atoms with Crippen molar-refractivity contribution in [2.75, 3.05) is 18.1 Å². The zero-order chi connectivity index (χ0) is 18.5. The molecule has 134 valence electrons. The summed E-state index contributed by atoms with van der Waals surface area (Å²) in [4.78, 5) is 14.9. The minimum Gasteiger partial charge on any atom is -0.487 e. The highest BCUT2D eigenvalue weighted by Crippen LogP contribution is 2.42. The zero-order valence-electron chi connectivity index (χ0n) is 14.3. The molecule has 2 heterocycles. The number of nitrogens with zero attached hydrogens (tertiary/aromatic N) is 1. The lowest BCUT2D eigenvalue weighted by molar-refractivity contribution is -0.136. The molecule has 1 aromatic carbocycles. The Morgan fingerprint density at radius 3 is 2.81 bits per heavy atom. The third kappa shape index (κ3) is 3.45. The van der Waals surface area contributed by atoms with Crippen molar-refractivity contribution in [2.45, 2.75) is 19.8 Å². The van der Waals surface area contributed by atoms with E-state index in [1.807, 2.05) is 41.8 Å². The number of carbonyl (C=O) groups excluding carboxylic acids is 1. The average Bonchev–Trinajstić information content (AvgIpc) is 3.12. The molecule has 0 bridgehead atoms. The number of rotatable bonds is 6. The molecule has 0 radical (unpaired) electrons. The van der Waals surface area contributed by atoms with Crippen LogP contribution in [0.15, 0.2) is 47.5 Å². The van der Waals surface area contributed by atoms with E-state index in [0.29, 0.717) is 10.6 Å². The molecule has 1 unspecified atom stereocenters. The fraction of sp³-hybridized carbons (Fsp3) is 0.250. The fourth-order valence-electron chi connectivity index (χ4n) is 2.78. The van der Waals surface area contributed by atoms with Crippen LogP contribution in [0.4, 0.5) is 5.69 Å². The van der Waals surface area contributed by atoms with E-state index in [1.54, 1.807) is 11.8 Å². The number of aliphatic hydroxyl groups is 1. The van der Waals surface area contributed by atoms with E-state index in [0.717, 1.165) is 5.56 Å². The molecule has 1 aliphatic heterocycles. The van der Waals surface area contributed by atoms with Crippen LogP contribution in [0, 0.1) is 12.3 Å². The summed E-state index contributed by atoms with van der Waals surface area (Å²) in [7, 11) is 0. The predicted molar refractivity (Wildman–Crippen MR) is 101 cm³/mol. The SMILES string of the molecule is C#CCN1c2ccsc2C(C(=O)OCC)=C(OCc2ccccc2)C1O. The van der Waals surface area contributed by atoms with E-state index < -0.39 is 12.2 Å². The van der Waals surface area contributed by atoms with Gasteiger partial charge in [0.05, 0.1) is 23.7 Å². The average molecular weight is 369 g/mol. The molecule has 0 saturated carbocycles. The monoisotopic (exact) mass is 369 g/mol. The number of hydrogen-bond acceptors (Lipinski definition) is 6. The number of aliphatic hydroxyl groups excluding tert-OH is 1. The molecule has 2 aromatic rings. The molecule has 1 N–H and O–H groups in total. The summed E-state index contributed by atoms with van der Waals surface area (Å²) in [6.07, 6.45) is 4.30. The second-order valence-corrected chi connectivity index (χ2v) is 6.49. The third-order valence-corrected chi connectivity index (χ3v) is 4.86. The van der Waals surface area contributed by atoms with Gasteiger partial charge in [-0.1, -0.05) is 36.3 Å². The Labute approximate surface area is 156 Å². The summed E-state index contributed by atoms with van der Waals surface area (Å²) in [5, 5.41) is 12.7. The van der Waals surface area contributed by atoms with E-state index in [-0.39, 0.29) is 31.1 Å². The van der Waals surface area contributed by atoms with Gasteiger partial charge in [-0.2, -0.15) is 0 Å². The molecule has 0 spiro atoms. The fourth-order valence-corrected chi connectivity index (χ4v) is 3.72. The Bertz CT molecular complexity index is 850. The number of ether oxygens (including phenoxy) is 2. The van der Waals surface area contributed by atoms with Crippen LogP contribution in [0.5, 0.6) is 0 Å². The van der Waals surface area contributed by atoms with Crippen molar-refractivity contribution in [3.05, 3.63) is 58.0 Å². The summed E-state index contributed by atoms with van der Waals surface area (Å²) < 4.78 is 11.1. The minimum atomic E-state index is -1.16. The van der Waals surface area contributed by atoms with Crippen molar-refractivity contribution < 1.29 is 19.4 Å². The molecule has 1 aliphatic rings. The van der Waals surface area contributed by atoms with Crippen molar-refractivity contribution in [1.29, 1.82) is 0 Å². The first-order chi connectivity index (χ1) is 12.7. The van der Waals surface area contributed by atoms with Crippen molar-refractivity contribution in [3.8, 4) is 12.3 Å². The van der Waals surface area contributed by atoms with Crippen LogP contribution in [-0.4, -0.2) is 30.5 Å². The van der Waals surface area contributed by atoms with E-state index in [2.05, 4.69) is 5.92 Å². The summed E-state index contributed by atoms with van der Waals surface area (Å²) in [5.74, 6) is 2.19. The molecule has 0 aliphatic carbocycles. The quantitative estimate of drug-likeness (QED) is 0.627. The first kappa shape index (κ1) is 18.1. The maximum atomic E-state index is 12.6. The number of thiophene rings is 1. The first-order valence-electron chi connectivity index (χ1n) is 8.21. The second kappa shape index (κ2) is 8.09. The molecule has 0 amide bonds. The minimum absolute atomic E-state index is 0.164. The summed E-state index contributed by atoms with van der Waals surface area (Å²) in [6, 6.07) is 11.4. The van der Waals surface area contributed by atoms with Crippen molar-refractivity contribution in [3.63, 3.8) is 0 Å². The Morgan fingerprint density at radius 2 is 2.12 bits per heavy atom. The highest BCUT2D eigenvalue weighted by molar-refractivity contribution is 7.12. The standard InChI is InChI=1S/C20H19NO4S/c1-3-11-21-15-10-12-26-18(15)16(20(23)24-4-2)17(19(21)22)25-13-14-8-6-5-7-9-14/h1,5-10,12,19,22H,4,11,13H2,2H3. The second-order valence-electron chi connectivity index (χ2n) is 5.57.